The molecule has 0 spiro atoms. The van der Waals surface area contributed by atoms with E-state index in [0.717, 1.165) is 17.5 Å². The van der Waals surface area contributed by atoms with Gasteiger partial charge in [-0.25, -0.2) is 0 Å². The molecule has 1 atom stereocenters. The average molecular weight is 230 g/mol. The van der Waals surface area contributed by atoms with Crippen LogP contribution in [0.2, 0.25) is 0 Å². The second kappa shape index (κ2) is 5.64. The molecule has 2 aromatic rings. The number of benzene rings is 1. The van der Waals surface area contributed by atoms with Crippen molar-refractivity contribution in [1.29, 1.82) is 0 Å². The van der Waals surface area contributed by atoms with E-state index in [2.05, 4.69) is 35.4 Å². The third-order valence-corrected chi connectivity index (χ3v) is 2.90. The number of hydrogen-bond acceptors (Lipinski definition) is 3. The Morgan fingerprint density at radius 2 is 2.24 bits per heavy atom. The third kappa shape index (κ3) is 2.74. The zero-order valence-corrected chi connectivity index (χ0v) is 10.3. The number of aromatic nitrogens is 1. The van der Waals surface area contributed by atoms with Gasteiger partial charge in [0, 0.05) is 36.6 Å². The molecule has 1 aromatic heterocycles. The molecule has 0 radical (unpaired) electrons. The topological polar surface area (TPSA) is 34.1 Å². The highest BCUT2D eigenvalue weighted by atomic mass is 16.5. The molecule has 1 aromatic carbocycles. The predicted octanol–water partition coefficient (Wildman–Crippen LogP) is 3.07. The molecule has 0 aliphatic heterocycles. The van der Waals surface area contributed by atoms with Crippen molar-refractivity contribution in [2.45, 2.75) is 19.4 Å². The molecule has 3 nitrogen and oxygen atoms in total. The van der Waals surface area contributed by atoms with Gasteiger partial charge < -0.3 is 10.1 Å². The summed E-state index contributed by atoms with van der Waals surface area (Å²) in [6.07, 6.45) is 4.75. The molecular formula is C14H18N2O. The Bertz CT molecular complexity index is 479. The lowest BCUT2D eigenvalue weighted by atomic mass is 10.1. The van der Waals surface area contributed by atoms with Crippen LogP contribution in [0.3, 0.4) is 0 Å². The van der Waals surface area contributed by atoms with Crippen LogP contribution in [0.25, 0.3) is 10.8 Å². The van der Waals surface area contributed by atoms with Crippen LogP contribution in [-0.2, 0) is 4.74 Å². The van der Waals surface area contributed by atoms with Gasteiger partial charge in [0.25, 0.3) is 0 Å². The summed E-state index contributed by atoms with van der Waals surface area (Å²) < 4.78 is 5.20. The van der Waals surface area contributed by atoms with Crippen LogP contribution in [0.4, 0.5) is 5.69 Å². The van der Waals surface area contributed by atoms with E-state index in [1.54, 1.807) is 7.11 Å². The molecule has 0 aliphatic rings. The summed E-state index contributed by atoms with van der Waals surface area (Å²) in [4.78, 5) is 4.18. The molecule has 0 saturated carbocycles. The first-order valence-corrected chi connectivity index (χ1v) is 5.93. The van der Waals surface area contributed by atoms with Gasteiger partial charge in [-0.3, -0.25) is 4.98 Å². The van der Waals surface area contributed by atoms with Crippen molar-refractivity contribution in [1.82, 2.24) is 4.98 Å². The first-order valence-electron chi connectivity index (χ1n) is 5.93. The van der Waals surface area contributed by atoms with Crippen molar-refractivity contribution in [3.05, 3.63) is 36.7 Å². The Labute approximate surface area is 102 Å². The minimum Gasteiger partial charge on any atom is -0.383 e. The highest BCUT2D eigenvalue weighted by Gasteiger charge is 2.07. The molecule has 0 fully saturated rings. The standard InChI is InChI=1S/C14H18N2O/c1-3-12(10-17-2)16-14-6-4-5-11-7-8-15-9-13(11)14/h4-9,12,16H,3,10H2,1-2H3. The zero-order chi connectivity index (χ0) is 12.1. The van der Waals surface area contributed by atoms with Crippen molar-refractivity contribution in [3.8, 4) is 0 Å². The number of pyridine rings is 1. The van der Waals surface area contributed by atoms with Gasteiger partial charge in [0.05, 0.1) is 6.61 Å². The second-order valence-electron chi connectivity index (χ2n) is 4.11. The summed E-state index contributed by atoms with van der Waals surface area (Å²) in [5.74, 6) is 0. The summed E-state index contributed by atoms with van der Waals surface area (Å²) in [5, 5.41) is 5.87. The number of hydrogen-bond donors (Lipinski definition) is 1. The molecule has 0 aliphatic carbocycles. The van der Waals surface area contributed by atoms with Gasteiger partial charge in [-0.15, -0.1) is 0 Å². The maximum absolute atomic E-state index is 5.20. The number of ether oxygens (including phenoxy) is 1. The Morgan fingerprint density at radius 3 is 3.00 bits per heavy atom. The number of nitrogens with zero attached hydrogens (tertiary/aromatic N) is 1. The lowest BCUT2D eigenvalue weighted by Gasteiger charge is -2.18. The number of methoxy groups -OCH3 is 1. The fourth-order valence-electron chi connectivity index (χ4n) is 1.92. The van der Waals surface area contributed by atoms with Crippen LogP contribution < -0.4 is 5.32 Å². The van der Waals surface area contributed by atoms with Gasteiger partial charge >= 0.3 is 0 Å². The first kappa shape index (κ1) is 11.9. The van der Waals surface area contributed by atoms with Crippen molar-refractivity contribution in [2.24, 2.45) is 0 Å². The van der Waals surface area contributed by atoms with E-state index in [1.807, 2.05) is 18.5 Å². The highest BCUT2D eigenvalue weighted by molar-refractivity contribution is 5.93. The fraction of sp³-hybridized carbons (Fsp3) is 0.357. The van der Waals surface area contributed by atoms with Crippen LogP contribution in [-0.4, -0.2) is 24.7 Å². The predicted molar refractivity (Wildman–Crippen MR) is 71.3 cm³/mol. The summed E-state index contributed by atoms with van der Waals surface area (Å²) in [6, 6.07) is 8.61. The Kier molecular flexibility index (Phi) is 3.94. The molecule has 0 amide bonds. The number of rotatable bonds is 5. The second-order valence-corrected chi connectivity index (χ2v) is 4.11. The van der Waals surface area contributed by atoms with Crippen LogP contribution >= 0.6 is 0 Å². The van der Waals surface area contributed by atoms with E-state index >= 15 is 0 Å². The largest absolute Gasteiger partial charge is 0.383 e. The fourth-order valence-corrected chi connectivity index (χ4v) is 1.92. The zero-order valence-electron chi connectivity index (χ0n) is 10.3. The Hall–Kier alpha value is -1.61. The molecular weight excluding hydrogens is 212 g/mol. The summed E-state index contributed by atoms with van der Waals surface area (Å²) in [5.41, 5.74) is 1.12. The van der Waals surface area contributed by atoms with E-state index in [9.17, 15) is 0 Å². The van der Waals surface area contributed by atoms with Gasteiger partial charge in [0.1, 0.15) is 0 Å². The number of nitrogens with one attached hydrogen (secondary N) is 1. The molecule has 1 heterocycles. The van der Waals surface area contributed by atoms with E-state index in [-0.39, 0.29) is 0 Å². The van der Waals surface area contributed by atoms with Crippen molar-refractivity contribution >= 4 is 16.5 Å². The van der Waals surface area contributed by atoms with Gasteiger partial charge in [0.15, 0.2) is 0 Å². The molecule has 1 unspecified atom stereocenters. The SMILES string of the molecule is CCC(COC)Nc1cccc2ccncc12. The molecule has 1 N–H and O–H groups in total. The first-order chi connectivity index (χ1) is 8.35. The smallest absolute Gasteiger partial charge is 0.0663 e. The van der Waals surface area contributed by atoms with Crippen molar-refractivity contribution < 1.29 is 4.74 Å². The van der Waals surface area contributed by atoms with E-state index in [0.29, 0.717) is 12.6 Å². The molecule has 90 valence electrons. The lowest BCUT2D eigenvalue weighted by Crippen LogP contribution is -2.23. The maximum Gasteiger partial charge on any atom is 0.0663 e. The lowest BCUT2D eigenvalue weighted by molar-refractivity contribution is 0.184. The van der Waals surface area contributed by atoms with Crippen LogP contribution in [0.1, 0.15) is 13.3 Å². The van der Waals surface area contributed by atoms with Crippen LogP contribution in [0.5, 0.6) is 0 Å². The van der Waals surface area contributed by atoms with Gasteiger partial charge in [-0.1, -0.05) is 19.1 Å². The van der Waals surface area contributed by atoms with Crippen molar-refractivity contribution in [2.75, 3.05) is 19.0 Å². The summed E-state index contributed by atoms with van der Waals surface area (Å²) in [7, 11) is 1.73. The van der Waals surface area contributed by atoms with E-state index < -0.39 is 0 Å². The molecule has 2 rings (SSSR count). The van der Waals surface area contributed by atoms with Crippen molar-refractivity contribution in [3.63, 3.8) is 0 Å². The summed E-state index contributed by atoms with van der Waals surface area (Å²) in [6.45, 7) is 2.87. The van der Waals surface area contributed by atoms with Crippen LogP contribution in [0.15, 0.2) is 36.7 Å². The molecule has 0 saturated heterocycles. The normalized spacial score (nSPS) is 12.6. The quantitative estimate of drug-likeness (QED) is 0.857. The maximum atomic E-state index is 5.20. The highest BCUT2D eigenvalue weighted by Crippen LogP contribution is 2.23. The average Bonchev–Trinajstić information content (AvgIpc) is 2.38. The summed E-state index contributed by atoms with van der Waals surface area (Å²) >= 11 is 0. The molecule has 0 bridgehead atoms. The number of anilines is 1. The van der Waals surface area contributed by atoms with Crippen LogP contribution in [0, 0.1) is 0 Å². The minimum absolute atomic E-state index is 0.339. The Morgan fingerprint density at radius 1 is 1.35 bits per heavy atom. The van der Waals surface area contributed by atoms with Gasteiger partial charge in [0.2, 0.25) is 0 Å². The molecule has 3 heteroatoms. The number of fused-ring (bicyclic) bond motifs is 1. The third-order valence-electron chi connectivity index (χ3n) is 2.90. The Balaban J connectivity index is 2.28. The van der Waals surface area contributed by atoms with E-state index in [4.69, 9.17) is 4.74 Å². The minimum atomic E-state index is 0.339. The molecule has 17 heavy (non-hydrogen) atoms. The monoisotopic (exact) mass is 230 g/mol. The van der Waals surface area contributed by atoms with Gasteiger partial charge in [-0.05, 0) is 23.9 Å². The van der Waals surface area contributed by atoms with Gasteiger partial charge in [-0.2, -0.15) is 0 Å². The van der Waals surface area contributed by atoms with E-state index in [1.165, 1.54) is 5.39 Å².